The summed E-state index contributed by atoms with van der Waals surface area (Å²) in [5.74, 6) is -4.87. The molecule has 2 amide bonds. The van der Waals surface area contributed by atoms with E-state index in [1.54, 1.807) is 0 Å². The molecular formula is C17H18N6O12S2. The summed E-state index contributed by atoms with van der Waals surface area (Å²) in [6.45, 7) is 2.59. The molecule has 1 aliphatic rings. The minimum atomic E-state index is -5.05. The van der Waals surface area contributed by atoms with E-state index in [0.29, 0.717) is 17.3 Å². The second kappa shape index (κ2) is 9.65. The van der Waals surface area contributed by atoms with Crippen molar-refractivity contribution < 1.29 is 51.9 Å². The van der Waals surface area contributed by atoms with Gasteiger partial charge in [0, 0.05) is 11.4 Å². The van der Waals surface area contributed by atoms with Crippen LogP contribution >= 0.6 is 11.3 Å². The fourth-order valence-electron chi connectivity index (χ4n) is 3.08. The number of aliphatic carboxylic acids is 1. The van der Waals surface area contributed by atoms with Gasteiger partial charge in [-0.25, -0.2) is 9.78 Å². The Morgan fingerprint density at radius 1 is 1.35 bits per heavy atom. The Kier molecular flexibility index (Phi) is 7.12. The predicted molar refractivity (Wildman–Crippen MR) is 120 cm³/mol. The van der Waals surface area contributed by atoms with Gasteiger partial charge in [0.05, 0.1) is 11.7 Å². The fourth-order valence-corrected chi connectivity index (χ4v) is 4.08. The highest BCUT2D eigenvalue weighted by Crippen LogP contribution is 2.33. The van der Waals surface area contributed by atoms with Crippen molar-refractivity contribution in [2.45, 2.75) is 31.5 Å². The zero-order valence-electron chi connectivity index (χ0n) is 18.6. The molecule has 1 aliphatic heterocycles. The largest absolute Gasteiger partial charge is 0.503 e. The zero-order chi connectivity index (χ0) is 27.9. The maximum Gasteiger partial charge on any atom is 0.418 e. The number of carboxylic acids is 1. The predicted octanol–water partition coefficient (Wildman–Crippen LogP) is -1.78. The van der Waals surface area contributed by atoms with E-state index < -0.39 is 68.5 Å². The Hall–Kier alpha value is -4.27. The molecule has 20 heteroatoms. The number of nitrogens with two attached hydrogens (primary N) is 1. The van der Waals surface area contributed by atoms with Crippen LogP contribution in [0.25, 0.3) is 0 Å². The van der Waals surface area contributed by atoms with Crippen molar-refractivity contribution in [1.29, 1.82) is 0 Å². The molecule has 2 aromatic rings. The number of carbonyl (C=O) groups excluding carboxylic acids is 2. The monoisotopic (exact) mass is 562 g/mol. The van der Waals surface area contributed by atoms with Crippen molar-refractivity contribution in [2.24, 2.45) is 5.16 Å². The van der Waals surface area contributed by atoms with Crippen LogP contribution in [0, 0.1) is 0 Å². The van der Waals surface area contributed by atoms with Gasteiger partial charge in [0.25, 0.3) is 17.9 Å². The van der Waals surface area contributed by atoms with Gasteiger partial charge in [-0.3, -0.25) is 18.9 Å². The Bertz CT molecular complexity index is 1460. The third kappa shape index (κ3) is 5.61. The first kappa shape index (κ1) is 27.3. The van der Waals surface area contributed by atoms with Crippen molar-refractivity contribution in [3.8, 4) is 5.75 Å². The zero-order valence-corrected chi connectivity index (χ0v) is 20.3. The van der Waals surface area contributed by atoms with Gasteiger partial charge in [0.15, 0.2) is 16.6 Å². The summed E-state index contributed by atoms with van der Waals surface area (Å²) >= 11 is 0.870. The summed E-state index contributed by atoms with van der Waals surface area (Å²) in [5.41, 5.74) is 1.46. The molecule has 2 aromatic heterocycles. The minimum Gasteiger partial charge on any atom is -0.503 e. The number of carbonyl (C=O) groups is 3. The molecule has 7 N–H and O–H groups in total. The van der Waals surface area contributed by atoms with E-state index in [1.165, 1.54) is 19.2 Å². The molecule has 37 heavy (non-hydrogen) atoms. The first-order valence-corrected chi connectivity index (χ1v) is 11.9. The number of oxime groups is 1. The average molecular weight is 562 g/mol. The Labute approximate surface area is 210 Å². The fraction of sp³-hybridized carbons (Fsp3) is 0.294. The first-order valence-electron chi connectivity index (χ1n) is 9.67. The smallest absolute Gasteiger partial charge is 0.418 e. The van der Waals surface area contributed by atoms with Gasteiger partial charge in [0.1, 0.15) is 17.4 Å². The number of aromatic nitrogens is 2. The summed E-state index contributed by atoms with van der Waals surface area (Å²) in [4.78, 5) is 57.6. The van der Waals surface area contributed by atoms with Gasteiger partial charge in [-0.1, -0.05) is 5.16 Å². The molecule has 1 saturated heterocycles. The van der Waals surface area contributed by atoms with E-state index in [2.05, 4.69) is 19.7 Å². The summed E-state index contributed by atoms with van der Waals surface area (Å²) < 4.78 is 35.1. The molecule has 200 valence electrons. The van der Waals surface area contributed by atoms with Gasteiger partial charge in [0.2, 0.25) is 5.43 Å². The van der Waals surface area contributed by atoms with Crippen LogP contribution in [0.15, 0.2) is 27.6 Å². The van der Waals surface area contributed by atoms with Crippen LogP contribution in [0.2, 0.25) is 0 Å². The number of amides is 2. The van der Waals surface area contributed by atoms with E-state index in [0.717, 1.165) is 11.3 Å². The van der Waals surface area contributed by atoms with Crippen LogP contribution in [0.1, 0.15) is 31.3 Å². The Morgan fingerprint density at radius 2 is 2.00 bits per heavy atom. The van der Waals surface area contributed by atoms with Crippen LogP contribution < -0.4 is 16.5 Å². The molecule has 3 rings (SSSR count). The molecule has 0 bridgehead atoms. The van der Waals surface area contributed by atoms with Crippen molar-refractivity contribution in [1.82, 2.24) is 20.1 Å². The molecule has 0 saturated carbocycles. The number of anilines is 1. The first-order chi connectivity index (χ1) is 17.0. The molecule has 2 atom stereocenters. The number of rotatable bonds is 9. The lowest BCUT2D eigenvalue weighted by molar-refractivity contribution is -0.218. The molecule has 0 aromatic carbocycles. The third-order valence-corrected chi connectivity index (χ3v) is 5.90. The van der Waals surface area contributed by atoms with Crippen LogP contribution in [-0.4, -0.2) is 78.2 Å². The molecule has 2 unspecified atom stereocenters. The molecule has 0 radical (unpaired) electrons. The van der Waals surface area contributed by atoms with Crippen molar-refractivity contribution in [3.63, 3.8) is 0 Å². The van der Waals surface area contributed by atoms with Crippen molar-refractivity contribution in [3.05, 3.63) is 39.3 Å². The van der Waals surface area contributed by atoms with Crippen molar-refractivity contribution in [2.75, 3.05) is 5.73 Å². The van der Waals surface area contributed by atoms with Crippen LogP contribution in [0.5, 0.6) is 5.75 Å². The minimum absolute atomic E-state index is 0.0270. The molecule has 3 heterocycles. The number of hydroxylamine groups is 2. The number of carboxylic acid groups (broad SMARTS) is 1. The maximum absolute atomic E-state index is 13.0. The standard InChI is InChI=1S/C17H18N6O12S2/c1-17(2)12(14(27)23(17)35-37(31,32)33)20-13(26)10(6-5-36-16(18)19-6)21-34-11(15(28)29)7-3-8(24)9(25)4-22(7)30/h3-5,11-12,25,30H,1-2H3,(H2,18,19)(H,20,26)(H,28,29)(H,31,32,33)/b21-10-. The lowest BCUT2D eigenvalue weighted by atomic mass is 9.84. The highest BCUT2D eigenvalue weighted by Gasteiger charge is 2.58. The van der Waals surface area contributed by atoms with Crippen LogP contribution in [0.4, 0.5) is 5.13 Å². The van der Waals surface area contributed by atoms with Crippen molar-refractivity contribution >= 4 is 50.4 Å². The Morgan fingerprint density at radius 3 is 2.51 bits per heavy atom. The van der Waals surface area contributed by atoms with E-state index in [1.807, 2.05) is 0 Å². The summed E-state index contributed by atoms with van der Waals surface area (Å²) in [7, 11) is -5.05. The molecular weight excluding hydrogens is 544 g/mol. The van der Waals surface area contributed by atoms with Gasteiger partial charge >= 0.3 is 16.4 Å². The maximum atomic E-state index is 13.0. The molecule has 0 spiro atoms. The number of nitrogens with one attached hydrogen (secondary N) is 1. The lowest BCUT2D eigenvalue weighted by Crippen LogP contribution is -2.76. The van der Waals surface area contributed by atoms with Gasteiger partial charge in [-0.05, 0) is 13.8 Å². The summed E-state index contributed by atoms with van der Waals surface area (Å²) in [5, 5.41) is 36.0. The number of hydrogen-bond acceptors (Lipinski definition) is 14. The highest BCUT2D eigenvalue weighted by atomic mass is 32.3. The number of thiazole rings is 1. The van der Waals surface area contributed by atoms with Crippen LogP contribution in [0.3, 0.4) is 0 Å². The van der Waals surface area contributed by atoms with E-state index in [-0.39, 0.29) is 15.6 Å². The number of hydrogen-bond donors (Lipinski definition) is 6. The number of pyridine rings is 1. The topological polar surface area (TPSA) is 273 Å². The molecule has 0 aliphatic carbocycles. The van der Waals surface area contributed by atoms with Crippen LogP contribution in [-0.2, 0) is 33.9 Å². The highest BCUT2D eigenvalue weighted by molar-refractivity contribution is 7.80. The molecule has 18 nitrogen and oxygen atoms in total. The molecule has 1 fully saturated rings. The average Bonchev–Trinajstić information content (AvgIpc) is 3.21. The van der Waals surface area contributed by atoms with E-state index >= 15 is 0 Å². The van der Waals surface area contributed by atoms with E-state index in [4.69, 9.17) is 15.1 Å². The Balaban J connectivity index is 1.93. The lowest BCUT2D eigenvalue weighted by Gasteiger charge is -2.50. The number of aromatic hydroxyl groups is 1. The summed E-state index contributed by atoms with van der Waals surface area (Å²) in [6.07, 6.45) is -1.65. The number of nitrogen functional groups attached to an aromatic ring is 1. The quantitative estimate of drug-likeness (QED) is 0.0648. The number of nitrogens with zero attached hydrogens (tertiary/aromatic N) is 4. The van der Waals surface area contributed by atoms with E-state index in [9.17, 15) is 43.0 Å². The van der Waals surface area contributed by atoms with Gasteiger partial charge in [-0.2, -0.15) is 18.2 Å². The number of β-lactam (4-membered cyclic amide) rings is 1. The van der Waals surface area contributed by atoms with Gasteiger partial charge in [-0.15, -0.1) is 15.6 Å². The SMILES string of the molecule is CC1(C)C(NC(=O)/C(=N\OC(C(=O)O)c2cc(=O)c(O)cn2O)c2csc(N)n2)C(=O)N1OS(=O)(=O)O. The van der Waals surface area contributed by atoms with Gasteiger partial charge < -0.3 is 31.3 Å². The summed E-state index contributed by atoms with van der Waals surface area (Å²) in [6, 6.07) is -0.846. The second-order valence-corrected chi connectivity index (χ2v) is 9.72. The normalized spacial score (nSPS) is 18.1. The third-order valence-electron chi connectivity index (χ3n) is 4.88. The second-order valence-electron chi connectivity index (χ2n) is 7.82.